The van der Waals surface area contributed by atoms with Crippen LogP contribution in [0.25, 0.3) is 0 Å². The van der Waals surface area contributed by atoms with Crippen molar-refractivity contribution in [3.63, 3.8) is 0 Å². The summed E-state index contributed by atoms with van der Waals surface area (Å²) in [4.78, 5) is 10.6. The monoisotopic (exact) mass is 267 g/mol. The van der Waals surface area contributed by atoms with Crippen LogP contribution in [-0.4, -0.2) is 16.4 Å². The Morgan fingerprint density at radius 2 is 2.27 bits per heavy atom. The van der Waals surface area contributed by atoms with Crippen molar-refractivity contribution in [2.24, 2.45) is 0 Å². The van der Waals surface area contributed by atoms with Crippen LogP contribution in [0.1, 0.15) is 22.3 Å². The number of hydrogen-bond acceptors (Lipinski definition) is 2. The summed E-state index contributed by atoms with van der Waals surface area (Å²) in [5.74, 6) is 4.81. The van der Waals surface area contributed by atoms with Crippen LogP contribution >= 0.6 is 15.9 Å². The first-order chi connectivity index (χ1) is 7.15. The standard InChI is InChI=1S/C11H10BrNO2/c12-6-2-1-3-8-4-5-9(11(14)15)7-10(8)13/h4-5,7H,2,6,13H2,(H,14,15). The minimum Gasteiger partial charge on any atom is -0.478 e. The molecule has 1 rings (SSSR count). The smallest absolute Gasteiger partial charge is 0.335 e. The Bertz CT molecular complexity index is 432. The molecular formula is C11H10BrNO2. The average molecular weight is 268 g/mol. The van der Waals surface area contributed by atoms with Gasteiger partial charge in [-0.25, -0.2) is 4.79 Å². The highest BCUT2D eigenvalue weighted by Crippen LogP contribution is 2.13. The molecule has 0 aliphatic heterocycles. The van der Waals surface area contributed by atoms with Crippen LogP contribution in [0.3, 0.4) is 0 Å². The van der Waals surface area contributed by atoms with Crippen LogP contribution < -0.4 is 5.73 Å². The number of alkyl halides is 1. The van der Waals surface area contributed by atoms with Gasteiger partial charge in [-0.3, -0.25) is 0 Å². The summed E-state index contributed by atoms with van der Waals surface area (Å²) in [5, 5.41) is 9.53. The number of hydrogen-bond donors (Lipinski definition) is 2. The van der Waals surface area contributed by atoms with E-state index in [1.165, 1.54) is 12.1 Å². The number of carboxylic acid groups (broad SMARTS) is 1. The summed E-state index contributed by atoms with van der Waals surface area (Å²) in [6.07, 6.45) is 0.736. The zero-order chi connectivity index (χ0) is 11.3. The number of nitrogen functional groups attached to an aromatic ring is 1. The molecule has 0 saturated carbocycles. The minimum atomic E-state index is -0.985. The maximum absolute atomic E-state index is 10.6. The Kier molecular flexibility index (Phi) is 4.19. The molecule has 0 radical (unpaired) electrons. The van der Waals surface area contributed by atoms with Gasteiger partial charge in [0.15, 0.2) is 0 Å². The van der Waals surface area contributed by atoms with E-state index in [4.69, 9.17) is 10.8 Å². The number of aromatic carboxylic acids is 1. The summed E-state index contributed by atoms with van der Waals surface area (Å²) >= 11 is 3.26. The van der Waals surface area contributed by atoms with E-state index in [1.54, 1.807) is 6.07 Å². The number of carbonyl (C=O) groups is 1. The molecule has 0 aliphatic rings. The highest BCUT2D eigenvalue weighted by Gasteiger charge is 2.04. The predicted molar refractivity (Wildman–Crippen MR) is 63.1 cm³/mol. The highest BCUT2D eigenvalue weighted by molar-refractivity contribution is 9.09. The fraction of sp³-hybridized carbons (Fsp3) is 0.182. The summed E-state index contributed by atoms with van der Waals surface area (Å²) < 4.78 is 0. The summed E-state index contributed by atoms with van der Waals surface area (Å²) in [7, 11) is 0. The molecule has 0 aliphatic carbocycles. The van der Waals surface area contributed by atoms with E-state index in [-0.39, 0.29) is 5.56 Å². The van der Waals surface area contributed by atoms with E-state index in [2.05, 4.69) is 27.8 Å². The number of nitrogens with two attached hydrogens (primary N) is 1. The lowest BCUT2D eigenvalue weighted by molar-refractivity contribution is 0.0697. The molecule has 0 saturated heterocycles. The van der Waals surface area contributed by atoms with Crippen molar-refractivity contribution < 1.29 is 9.90 Å². The largest absolute Gasteiger partial charge is 0.478 e. The van der Waals surface area contributed by atoms with Gasteiger partial charge in [-0.05, 0) is 18.2 Å². The fourth-order valence-electron chi connectivity index (χ4n) is 1.01. The van der Waals surface area contributed by atoms with E-state index in [0.717, 1.165) is 11.8 Å². The molecule has 0 unspecified atom stereocenters. The predicted octanol–water partition coefficient (Wildman–Crippen LogP) is 2.10. The first-order valence-electron chi connectivity index (χ1n) is 4.33. The number of rotatable bonds is 2. The normalized spacial score (nSPS) is 9.13. The van der Waals surface area contributed by atoms with Crippen LogP contribution in [0.4, 0.5) is 5.69 Å². The Balaban J connectivity index is 2.95. The Morgan fingerprint density at radius 3 is 2.80 bits per heavy atom. The van der Waals surface area contributed by atoms with Gasteiger partial charge in [-0.2, -0.15) is 0 Å². The lowest BCUT2D eigenvalue weighted by atomic mass is 10.1. The lowest BCUT2D eigenvalue weighted by Crippen LogP contribution is -1.99. The van der Waals surface area contributed by atoms with E-state index < -0.39 is 5.97 Å². The molecule has 1 aromatic rings. The lowest BCUT2D eigenvalue weighted by Gasteiger charge is -1.99. The SMILES string of the molecule is Nc1cc(C(=O)O)ccc1C#CCCBr. The zero-order valence-corrected chi connectivity index (χ0v) is 9.54. The van der Waals surface area contributed by atoms with Gasteiger partial charge in [-0.15, -0.1) is 0 Å². The van der Waals surface area contributed by atoms with Crippen molar-refractivity contribution in [3.8, 4) is 11.8 Å². The fourth-order valence-corrected chi connectivity index (χ4v) is 1.21. The maximum Gasteiger partial charge on any atom is 0.335 e. The van der Waals surface area contributed by atoms with Crippen molar-refractivity contribution in [2.75, 3.05) is 11.1 Å². The molecule has 3 N–H and O–H groups in total. The second-order valence-electron chi connectivity index (χ2n) is 2.85. The van der Waals surface area contributed by atoms with Gasteiger partial charge < -0.3 is 10.8 Å². The Labute approximate surface area is 96.4 Å². The van der Waals surface area contributed by atoms with Crippen molar-refractivity contribution in [2.45, 2.75) is 6.42 Å². The van der Waals surface area contributed by atoms with Gasteiger partial charge in [0.2, 0.25) is 0 Å². The first kappa shape index (κ1) is 11.6. The average Bonchev–Trinajstić information content (AvgIpc) is 2.20. The third-order valence-corrected chi connectivity index (χ3v) is 2.14. The van der Waals surface area contributed by atoms with Crippen molar-refractivity contribution in [1.29, 1.82) is 0 Å². The summed E-state index contributed by atoms with van der Waals surface area (Å²) in [5.41, 5.74) is 6.91. The molecule has 0 bridgehead atoms. The van der Waals surface area contributed by atoms with Gasteiger partial charge in [0.05, 0.1) is 5.56 Å². The van der Waals surface area contributed by atoms with Gasteiger partial charge >= 0.3 is 5.97 Å². The second-order valence-corrected chi connectivity index (χ2v) is 3.64. The van der Waals surface area contributed by atoms with Gasteiger partial charge in [-0.1, -0.05) is 27.8 Å². The summed E-state index contributed by atoms with van der Waals surface area (Å²) in [6, 6.07) is 4.54. The van der Waals surface area contributed by atoms with Crippen LogP contribution in [-0.2, 0) is 0 Å². The Morgan fingerprint density at radius 1 is 1.53 bits per heavy atom. The molecule has 4 heteroatoms. The van der Waals surface area contributed by atoms with E-state index in [0.29, 0.717) is 11.3 Å². The molecule has 0 spiro atoms. The molecule has 0 aromatic heterocycles. The van der Waals surface area contributed by atoms with Gasteiger partial charge in [0.1, 0.15) is 0 Å². The number of halogens is 1. The third kappa shape index (κ3) is 3.30. The van der Waals surface area contributed by atoms with Crippen LogP contribution in [0, 0.1) is 11.8 Å². The zero-order valence-electron chi connectivity index (χ0n) is 7.96. The molecule has 15 heavy (non-hydrogen) atoms. The highest BCUT2D eigenvalue weighted by atomic mass is 79.9. The Hall–Kier alpha value is -1.47. The molecule has 0 fully saturated rings. The molecule has 0 heterocycles. The number of anilines is 1. The van der Waals surface area contributed by atoms with E-state index in [1.807, 2.05) is 0 Å². The van der Waals surface area contributed by atoms with Gasteiger partial charge in [0, 0.05) is 23.0 Å². The quantitative estimate of drug-likeness (QED) is 0.490. The molecule has 78 valence electrons. The molecular weight excluding hydrogens is 258 g/mol. The van der Waals surface area contributed by atoms with Crippen molar-refractivity contribution >= 4 is 27.6 Å². The number of benzene rings is 1. The molecule has 0 atom stereocenters. The summed E-state index contributed by atoms with van der Waals surface area (Å²) in [6.45, 7) is 0. The first-order valence-corrected chi connectivity index (χ1v) is 5.45. The maximum atomic E-state index is 10.6. The van der Waals surface area contributed by atoms with E-state index >= 15 is 0 Å². The van der Waals surface area contributed by atoms with Crippen LogP contribution in [0.2, 0.25) is 0 Å². The molecule has 1 aromatic carbocycles. The molecule has 3 nitrogen and oxygen atoms in total. The molecule has 0 amide bonds. The van der Waals surface area contributed by atoms with Crippen molar-refractivity contribution in [1.82, 2.24) is 0 Å². The van der Waals surface area contributed by atoms with Crippen LogP contribution in [0.5, 0.6) is 0 Å². The van der Waals surface area contributed by atoms with E-state index in [9.17, 15) is 4.79 Å². The second kappa shape index (κ2) is 5.42. The topological polar surface area (TPSA) is 63.3 Å². The van der Waals surface area contributed by atoms with Gasteiger partial charge in [0.25, 0.3) is 0 Å². The van der Waals surface area contributed by atoms with Crippen LogP contribution in [0.15, 0.2) is 18.2 Å². The number of carboxylic acids is 1. The minimum absolute atomic E-state index is 0.179. The third-order valence-electron chi connectivity index (χ3n) is 1.74. The van der Waals surface area contributed by atoms with Crippen molar-refractivity contribution in [3.05, 3.63) is 29.3 Å².